The molecule has 1 saturated heterocycles. The van der Waals surface area contributed by atoms with E-state index in [-0.39, 0.29) is 11.4 Å². The van der Waals surface area contributed by atoms with Gasteiger partial charge in [0.1, 0.15) is 17.4 Å². The van der Waals surface area contributed by atoms with Crippen molar-refractivity contribution in [3.8, 4) is 28.3 Å². The van der Waals surface area contributed by atoms with Crippen LogP contribution in [0.2, 0.25) is 0 Å². The largest absolute Gasteiger partial charge is 0.496 e. The second kappa shape index (κ2) is 10.7. The number of halogens is 1. The molecule has 1 unspecified atom stereocenters. The molecule has 2 heterocycles. The highest BCUT2D eigenvalue weighted by molar-refractivity contribution is 5.85. The SMILES string of the molecule is COc1ccccc1-c1nc2ccc(-c3ccc(F)cc3)cc2c(=O)n1CC1CCCN(C2CCCC2)C1. The molecule has 1 saturated carbocycles. The minimum Gasteiger partial charge on any atom is -0.496 e. The fraction of sp³-hybridized carbons (Fsp3) is 0.375. The summed E-state index contributed by atoms with van der Waals surface area (Å²) in [5.74, 6) is 1.45. The van der Waals surface area contributed by atoms with E-state index >= 15 is 0 Å². The highest BCUT2D eigenvalue weighted by Crippen LogP contribution is 2.32. The van der Waals surface area contributed by atoms with Crippen LogP contribution in [0.1, 0.15) is 38.5 Å². The van der Waals surface area contributed by atoms with Gasteiger partial charge < -0.3 is 9.64 Å². The Kier molecular flexibility index (Phi) is 6.98. The smallest absolute Gasteiger partial charge is 0.261 e. The number of para-hydroxylation sites is 1. The van der Waals surface area contributed by atoms with Crippen LogP contribution in [0.15, 0.2) is 71.5 Å². The van der Waals surface area contributed by atoms with E-state index in [1.165, 1.54) is 37.8 Å². The van der Waals surface area contributed by atoms with Gasteiger partial charge in [-0.15, -0.1) is 0 Å². The van der Waals surface area contributed by atoms with Crippen molar-refractivity contribution in [3.05, 3.63) is 82.9 Å². The van der Waals surface area contributed by atoms with Gasteiger partial charge in [-0.1, -0.05) is 43.2 Å². The molecule has 0 N–H and O–H groups in total. The Balaban J connectivity index is 1.44. The summed E-state index contributed by atoms with van der Waals surface area (Å²) in [6, 6.07) is 20.6. The summed E-state index contributed by atoms with van der Waals surface area (Å²) in [6.07, 6.45) is 7.51. The van der Waals surface area contributed by atoms with E-state index in [9.17, 15) is 9.18 Å². The predicted octanol–water partition coefficient (Wildman–Crippen LogP) is 6.53. The zero-order chi connectivity index (χ0) is 26.1. The van der Waals surface area contributed by atoms with E-state index in [2.05, 4.69) is 4.90 Å². The molecule has 2 fully saturated rings. The fourth-order valence-corrected chi connectivity index (χ4v) is 6.35. The molecule has 196 valence electrons. The molecule has 0 radical (unpaired) electrons. The molecular formula is C32H34FN3O2. The van der Waals surface area contributed by atoms with E-state index in [0.717, 1.165) is 42.6 Å². The summed E-state index contributed by atoms with van der Waals surface area (Å²) in [5.41, 5.74) is 3.16. The Hall–Kier alpha value is -3.51. The van der Waals surface area contributed by atoms with E-state index in [4.69, 9.17) is 9.72 Å². The second-order valence-electron chi connectivity index (χ2n) is 10.7. The molecule has 0 spiro atoms. The molecule has 6 heteroatoms. The lowest BCUT2D eigenvalue weighted by Gasteiger charge is -2.37. The predicted molar refractivity (Wildman–Crippen MR) is 150 cm³/mol. The van der Waals surface area contributed by atoms with E-state index in [0.29, 0.717) is 41.0 Å². The van der Waals surface area contributed by atoms with E-state index < -0.39 is 0 Å². The molecule has 4 aromatic rings. The second-order valence-corrected chi connectivity index (χ2v) is 10.7. The molecule has 1 aromatic heterocycles. The Labute approximate surface area is 222 Å². The van der Waals surface area contributed by atoms with Crippen molar-refractivity contribution in [2.24, 2.45) is 5.92 Å². The highest BCUT2D eigenvalue weighted by Gasteiger charge is 2.29. The normalized spacial score (nSPS) is 18.7. The summed E-state index contributed by atoms with van der Waals surface area (Å²) in [7, 11) is 1.65. The number of nitrogens with zero attached hydrogens (tertiary/aromatic N) is 3. The molecule has 1 atom stereocenters. The molecular weight excluding hydrogens is 477 g/mol. The Morgan fingerprint density at radius 1 is 0.947 bits per heavy atom. The third kappa shape index (κ3) is 4.85. The molecule has 6 rings (SSSR count). The van der Waals surface area contributed by atoms with Crippen LogP contribution in [-0.4, -0.2) is 40.7 Å². The quantitative estimate of drug-likeness (QED) is 0.295. The van der Waals surface area contributed by atoms with E-state index in [1.807, 2.05) is 47.0 Å². The molecule has 1 aliphatic heterocycles. The van der Waals surface area contributed by atoms with Crippen LogP contribution >= 0.6 is 0 Å². The van der Waals surface area contributed by atoms with Crippen LogP contribution in [0.5, 0.6) is 5.75 Å². The maximum absolute atomic E-state index is 14.2. The van der Waals surface area contributed by atoms with Gasteiger partial charge in [-0.05, 0) is 85.7 Å². The van der Waals surface area contributed by atoms with Crippen LogP contribution < -0.4 is 10.3 Å². The van der Waals surface area contributed by atoms with Gasteiger partial charge in [-0.25, -0.2) is 9.37 Å². The van der Waals surface area contributed by atoms with Gasteiger partial charge in [0.05, 0.1) is 23.6 Å². The fourth-order valence-electron chi connectivity index (χ4n) is 6.35. The average Bonchev–Trinajstić information content (AvgIpc) is 3.50. The first-order valence-electron chi connectivity index (χ1n) is 13.8. The van der Waals surface area contributed by atoms with Crippen molar-refractivity contribution in [1.82, 2.24) is 14.5 Å². The van der Waals surface area contributed by atoms with Crippen LogP contribution in [0.3, 0.4) is 0 Å². The van der Waals surface area contributed by atoms with Crippen molar-refractivity contribution in [2.75, 3.05) is 20.2 Å². The number of methoxy groups -OCH3 is 1. The summed E-state index contributed by atoms with van der Waals surface area (Å²) >= 11 is 0. The lowest BCUT2D eigenvalue weighted by molar-refractivity contribution is 0.116. The first-order chi connectivity index (χ1) is 18.6. The third-order valence-electron chi connectivity index (χ3n) is 8.31. The standard InChI is InChI=1S/C32H34FN3O2/c1-38-30-11-5-4-10-27(30)31-34-29-17-14-24(23-12-15-25(33)16-13-23)19-28(29)32(37)36(31)21-22-7-6-18-35(20-22)26-8-2-3-9-26/h4-5,10-17,19,22,26H,2-3,6-9,18,20-21H2,1H3. The first-order valence-corrected chi connectivity index (χ1v) is 13.8. The Bertz CT molecular complexity index is 1490. The van der Waals surface area contributed by atoms with Gasteiger partial charge in [0, 0.05) is 19.1 Å². The molecule has 0 bridgehead atoms. The molecule has 3 aromatic carbocycles. The summed E-state index contributed by atoms with van der Waals surface area (Å²) < 4.78 is 21.1. The van der Waals surface area contributed by atoms with Gasteiger partial charge in [0.15, 0.2) is 0 Å². The van der Waals surface area contributed by atoms with Crippen molar-refractivity contribution in [1.29, 1.82) is 0 Å². The highest BCUT2D eigenvalue weighted by atomic mass is 19.1. The average molecular weight is 512 g/mol. The van der Waals surface area contributed by atoms with Crippen LogP contribution in [0, 0.1) is 11.7 Å². The zero-order valence-corrected chi connectivity index (χ0v) is 21.9. The number of benzene rings is 3. The molecule has 2 aliphatic rings. The number of fused-ring (bicyclic) bond motifs is 1. The lowest BCUT2D eigenvalue weighted by Crippen LogP contribution is -2.43. The number of hydrogen-bond acceptors (Lipinski definition) is 4. The van der Waals surface area contributed by atoms with Crippen molar-refractivity contribution >= 4 is 10.9 Å². The summed E-state index contributed by atoms with van der Waals surface area (Å²) in [6.45, 7) is 2.81. The van der Waals surface area contributed by atoms with Crippen LogP contribution in [-0.2, 0) is 6.54 Å². The number of piperidine rings is 1. The molecule has 38 heavy (non-hydrogen) atoms. The Morgan fingerprint density at radius 2 is 1.71 bits per heavy atom. The monoisotopic (exact) mass is 511 g/mol. The molecule has 0 amide bonds. The number of likely N-dealkylation sites (tertiary alicyclic amines) is 1. The third-order valence-corrected chi connectivity index (χ3v) is 8.31. The zero-order valence-electron chi connectivity index (χ0n) is 21.9. The van der Waals surface area contributed by atoms with Crippen LogP contribution in [0.25, 0.3) is 33.4 Å². The van der Waals surface area contributed by atoms with Crippen molar-refractivity contribution in [2.45, 2.75) is 51.1 Å². The summed E-state index contributed by atoms with van der Waals surface area (Å²) in [5, 5.41) is 0.578. The minimum atomic E-state index is -0.279. The number of ether oxygens (including phenoxy) is 1. The van der Waals surface area contributed by atoms with Crippen LogP contribution in [0.4, 0.5) is 4.39 Å². The molecule has 1 aliphatic carbocycles. The maximum Gasteiger partial charge on any atom is 0.261 e. The molecule has 5 nitrogen and oxygen atoms in total. The number of hydrogen-bond donors (Lipinski definition) is 0. The van der Waals surface area contributed by atoms with Gasteiger partial charge >= 0.3 is 0 Å². The van der Waals surface area contributed by atoms with Crippen molar-refractivity contribution in [3.63, 3.8) is 0 Å². The first kappa shape index (κ1) is 24.8. The van der Waals surface area contributed by atoms with E-state index in [1.54, 1.807) is 19.2 Å². The Morgan fingerprint density at radius 3 is 2.50 bits per heavy atom. The maximum atomic E-state index is 14.2. The van der Waals surface area contributed by atoms with Gasteiger partial charge in [0.25, 0.3) is 5.56 Å². The number of rotatable bonds is 6. The van der Waals surface area contributed by atoms with Gasteiger partial charge in [0.2, 0.25) is 0 Å². The van der Waals surface area contributed by atoms with Gasteiger partial charge in [-0.3, -0.25) is 9.36 Å². The van der Waals surface area contributed by atoms with Gasteiger partial charge in [-0.2, -0.15) is 0 Å². The minimum absolute atomic E-state index is 0.0437. The topological polar surface area (TPSA) is 47.4 Å². The number of aromatic nitrogens is 2. The summed E-state index contributed by atoms with van der Waals surface area (Å²) in [4.78, 5) is 21.9. The van der Waals surface area contributed by atoms with Crippen molar-refractivity contribution < 1.29 is 9.13 Å². The lowest BCUT2D eigenvalue weighted by atomic mass is 9.95.